The molecule has 1 N–H and O–H groups in total. The van der Waals surface area contributed by atoms with Gasteiger partial charge in [0.25, 0.3) is 0 Å². The SMILES string of the molecule is CC(C)c1cccc(C(C)C)c1NC(=O)/C=C/C1=C(c2ccccc2)c2ccccc2SC1. The number of anilines is 1. The van der Waals surface area contributed by atoms with Crippen molar-refractivity contribution >= 4 is 28.9 Å². The molecule has 0 bridgehead atoms. The minimum Gasteiger partial charge on any atom is -0.322 e. The van der Waals surface area contributed by atoms with Crippen LogP contribution in [0.3, 0.4) is 0 Å². The van der Waals surface area contributed by atoms with Gasteiger partial charge in [0, 0.05) is 22.4 Å². The van der Waals surface area contributed by atoms with Gasteiger partial charge in [-0.1, -0.05) is 101 Å². The van der Waals surface area contributed by atoms with Crippen molar-refractivity contribution in [2.75, 3.05) is 11.1 Å². The largest absolute Gasteiger partial charge is 0.322 e. The van der Waals surface area contributed by atoms with Crippen molar-refractivity contribution in [3.8, 4) is 0 Å². The lowest BCUT2D eigenvalue weighted by molar-refractivity contribution is -0.111. The minimum absolute atomic E-state index is 0.0891. The van der Waals surface area contributed by atoms with Crippen LogP contribution >= 0.6 is 11.8 Å². The number of hydrogen-bond acceptors (Lipinski definition) is 2. The van der Waals surface area contributed by atoms with Crippen LogP contribution in [0.25, 0.3) is 5.57 Å². The number of carbonyl (C=O) groups is 1. The van der Waals surface area contributed by atoms with E-state index in [2.05, 4.69) is 99.7 Å². The molecular formula is C30H31NOS. The summed E-state index contributed by atoms with van der Waals surface area (Å²) in [7, 11) is 0. The van der Waals surface area contributed by atoms with Gasteiger partial charge in [0.15, 0.2) is 0 Å². The van der Waals surface area contributed by atoms with Crippen LogP contribution in [0.5, 0.6) is 0 Å². The second-order valence-corrected chi connectivity index (χ2v) is 10.0. The summed E-state index contributed by atoms with van der Waals surface area (Å²) in [5.74, 6) is 1.42. The molecular weight excluding hydrogens is 422 g/mol. The third-order valence-corrected chi connectivity index (χ3v) is 7.10. The van der Waals surface area contributed by atoms with Crippen LogP contribution in [0.4, 0.5) is 5.69 Å². The van der Waals surface area contributed by atoms with E-state index in [1.165, 1.54) is 38.3 Å². The number of carbonyl (C=O) groups excluding carboxylic acids is 1. The highest BCUT2D eigenvalue weighted by molar-refractivity contribution is 7.99. The van der Waals surface area contributed by atoms with Crippen molar-refractivity contribution in [2.24, 2.45) is 0 Å². The van der Waals surface area contributed by atoms with Crippen LogP contribution in [0, 0.1) is 0 Å². The second kappa shape index (κ2) is 10.3. The first-order chi connectivity index (χ1) is 16.0. The number of fused-ring (bicyclic) bond motifs is 1. The Labute approximate surface area is 201 Å². The van der Waals surface area contributed by atoms with Crippen molar-refractivity contribution in [3.63, 3.8) is 0 Å². The van der Waals surface area contributed by atoms with Gasteiger partial charge in [-0.05, 0) is 51.3 Å². The van der Waals surface area contributed by atoms with Crippen LogP contribution in [0.2, 0.25) is 0 Å². The Morgan fingerprint density at radius 3 is 2.15 bits per heavy atom. The Kier molecular flexibility index (Phi) is 7.20. The van der Waals surface area contributed by atoms with Crippen LogP contribution < -0.4 is 5.32 Å². The fraction of sp³-hybridized carbons (Fsp3) is 0.233. The Morgan fingerprint density at radius 1 is 0.848 bits per heavy atom. The van der Waals surface area contributed by atoms with E-state index in [0.717, 1.165) is 11.4 Å². The lowest BCUT2D eigenvalue weighted by Gasteiger charge is -2.22. The zero-order chi connectivity index (χ0) is 23.4. The highest BCUT2D eigenvalue weighted by Crippen LogP contribution is 2.41. The fourth-order valence-electron chi connectivity index (χ4n) is 4.31. The topological polar surface area (TPSA) is 29.1 Å². The van der Waals surface area contributed by atoms with Gasteiger partial charge < -0.3 is 5.32 Å². The lowest BCUT2D eigenvalue weighted by Crippen LogP contribution is -2.13. The predicted molar refractivity (Wildman–Crippen MR) is 142 cm³/mol. The zero-order valence-corrected chi connectivity index (χ0v) is 20.6. The van der Waals surface area contributed by atoms with E-state index in [9.17, 15) is 4.79 Å². The minimum atomic E-state index is -0.0891. The number of para-hydroxylation sites is 1. The first-order valence-corrected chi connectivity index (χ1v) is 12.6. The third kappa shape index (κ3) is 5.15. The van der Waals surface area contributed by atoms with E-state index in [-0.39, 0.29) is 5.91 Å². The van der Waals surface area contributed by atoms with Crippen LogP contribution in [0.1, 0.15) is 61.8 Å². The smallest absolute Gasteiger partial charge is 0.248 e. The summed E-state index contributed by atoms with van der Waals surface area (Å²) in [6.45, 7) is 8.66. The van der Waals surface area contributed by atoms with Crippen molar-refractivity contribution < 1.29 is 4.79 Å². The van der Waals surface area contributed by atoms with E-state index in [1.807, 2.05) is 23.9 Å². The predicted octanol–water partition coefficient (Wildman–Crippen LogP) is 8.04. The molecule has 1 amide bonds. The molecule has 0 fully saturated rings. The molecule has 3 aromatic rings. The molecule has 0 aliphatic carbocycles. The molecule has 0 spiro atoms. The van der Waals surface area contributed by atoms with E-state index in [0.29, 0.717) is 11.8 Å². The normalized spacial score (nSPS) is 13.6. The van der Waals surface area contributed by atoms with Crippen molar-refractivity contribution in [3.05, 3.63) is 113 Å². The Balaban J connectivity index is 1.69. The number of amides is 1. The number of rotatable bonds is 6. The Hall–Kier alpha value is -3.04. The van der Waals surface area contributed by atoms with Gasteiger partial charge in [0.2, 0.25) is 5.91 Å². The summed E-state index contributed by atoms with van der Waals surface area (Å²) < 4.78 is 0. The first kappa shape index (κ1) is 23.1. The fourth-order valence-corrected chi connectivity index (χ4v) is 5.37. The molecule has 0 saturated heterocycles. The van der Waals surface area contributed by atoms with E-state index >= 15 is 0 Å². The van der Waals surface area contributed by atoms with Gasteiger partial charge >= 0.3 is 0 Å². The summed E-state index contributed by atoms with van der Waals surface area (Å²) >= 11 is 1.82. The molecule has 4 rings (SSSR count). The van der Waals surface area contributed by atoms with Gasteiger partial charge in [-0.15, -0.1) is 11.8 Å². The highest BCUT2D eigenvalue weighted by Gasteiger charge is 2.20. The molecule has 3 aromatic carbocycles. The van der Waals surface area contributed by atoms with Crippen LogP contribution in [-0.2, 0) is 4.79 Å². The van der Waals surface area contributed by atoms with Gasteiger partial charge in [-0.25, -0.2) is 0 Å². The van der Waals surface area contributed by atoms with Gasteiger partial charge in [0.05, 0.1) is 0 Å². The summed E-state index contributed by atoms with van der Waals surface area (Å²) in [4.78, 5) is 14.3. The number of benzene rings is 3. The molecule has 0 radical (unpaired) electrons. The molecule has 0 saturated carbocycles. The zero-order valence-electron chi connectivity index (χ0n) is 19.8. The second-order valence-electron chi connectivity index (χ2n) is 8.99. The average molecular weight is 454 g/mol. The lowest BCUT2D eigenvalue weighted by atomic mass is 9.92. The molecule has 1 heterocycles. The maximum atomic E-state index is 13.1. The van der Waals surface area contributed by atoms with E-state index < -0.39 is 0 Å². The van der Waals surface area contributed by atoms with Crippen LogP contribution in [-0.4, -0.2) is 11.7 Å². The molecule has 0 unspecified atom stereocenters. The third-order valence-electron chi connectivity index (χ3n) is 5.98. The summed E-state index contributed by atoms with van der Waals surface area (Å²) in [5, 5.41) is 3.20. The maximum Gasteiger partial charge on any atom is 0.248 e. The van der Waals surface area contributed by atoms with Crippen molar-refractivity contribution in [1.82, 2.24) is 0 Å². The summed E-state index contributed by atoms with van der Waals surface area (Å²) in [6.07, 6.45) is 3.68. The molecule has 0 aromatic heterocycles. The highest BCUT2D eigenvalue weighted by atomic mass is 32.2. The van der Waals surface area contributed by atoms with Gasteiger partial charge in [-0.3, -0.25) is 4.79 Å². The van der Waals surface area contributed by atoms with Crippen molar-refractivity contribution in [2.45, 2.75) is 44.4 Å². The van der Waals surface area contributed by atoms with E-state index in [1.54, 1.807) is 6.08 Å². The standard InChI is InChI=1S/C30H31NOS/c1-20(2)24-14-10-15-25(21(3)4)30(24)31-28(32)18-17-23-19-33-27-16-9-8-13-26(27)29(23)22-11-6-5-7-12-22/h5-18,20-21H,19H2,1-4H3,(H,31,32)/b18-17+. The molecule has 0 atom stereocenters. The number of nitrogens with one attached hydrogen (secondary N) is 1. The summed E-state index contributed by atoms with van der Waals surface area (Å²) in [5.41, 5.74) is 8.09. The molecule has 1 aliphatic heterocycles. The number of allylic oxidation sites excluding steroid dienone is 1. The first-order valence-electron chi connectivity index (χ1n) is 11.6. The number of thioether (sulfide) groups is 1. The Morgan fingerprint density at radius 2 is 1.48 bits per heavy atom. The van der Waals surface area contributed by atoms with Crippen LogP contribution in [0.15, 0.2) is 95.4 Å². The average Bonchev–Trinajstić information content (AvgIpc) is 2.82. The van der Waals surface area contributed by atoms with Gasteiger partial charge in [0.1, 0.15) is 0 Å². The van der Waals surface area contributed by atoms with Gasteiger partial charge in [-0.2, -0.15) is 0 Å². The monoisotopic (exact) mass is 453 g/mol. The molecule has 1 aliphatic rings. The number of hydrogen-bond donors (Lipinski definition) is 1. The molecule has 3 heteroatoms. The van der Waals surface area contributed by atoms with E-state index in [4.69, 9.17) is 0 Å². The Bertz CT molecular complexity index is 1180. The quantitative estimate of drug-likeness (QED) is 0.383. The maximum absolute atomic E-state index is 13.1. The molecule has 168 valence electrons. The molecule has 33 heavy (non-hydrogen) atoms. The van der Waals surface area contributed by atoms with Crippen molar-refractivity contribution in [1.29, 1.82) is 0 Å². The molecule has 2 nitrogen and oxygen atoms in total. The summed E-state index contributed by atoms with van der Waals surface area (Å²) in [6, 6.07) is 25.3.